The molecule has 0 heterocycles. The zero-order valence-electron chi connectivity index (χ0n) is 5.55. The average molecular weight is 244 g/mol. The summed E-state index contributed by atoms with van der Waals surface area (Å²) in [6.45, 7) is 2.09. The van der Waals surface area contributed by atoms with Crippen LogP contribution in [0.2, 0.25) is 0 Å². The molecule has 0 aromatic carbocycles. The molecule has 0 rings (SSSR count). The van der Waals surface area contributed by atoms with Gasteiger partial charge >= 0.3 is 0 Å². The molecule has 0 spiro atoms. The summed E-state index contributed by atoms with van der Waals surface area (Å²) in [6.07, 6.45) is 1.43. The molecule has 0 aromatic rings. The predicted octanol–water partition coefficient (Wildman–Crippen LogP) is 0.943. The number of hydrogen-bond acceptors (Lipinski definition) is 2. The lowest BCUT2D eigenvalue weighted by Crippen LogP contribution is -2.22. The summed E-state index contributed by atoms with van der Waals surface area (Å²) in [4.78, 5) is 0. The highest BCUT2D eigenvalue weighted by atomic mass is 127. The van der Waals surface area contributed by atoms with Crippen molar-refractivity contribution in [2.45, 2.75) is 29.8 Å². The largest absolute Gasteiger partial charge is 0.395 e. The van der Waals surface area contributed by atoms with Crippen molar-refractivity contribution in [2.24, 2.45) is 0 Å². The van der Waals surface area contributed by atoms with Gasteiger partial charge in [-0.25, -0.2) is 0 Å². The first-order chi connectivity index (χ1) is 4.22. The van der Waals surface area contributed by atoms with Gasteiger partial charge in [0.1, 0.15) is 0 Å². The lowest BCUT2D eigenvalue weighted by Gasteiger charge is -2.12. The molecule has 0 unspecified atom stereocenters. The lowest BCUT2D eigenvalue weighted by molar-refractivity contribution is 0.137. The number of hydrogen-bond donors (Lipinski definition) is 2. The molecule has 2 N–H and O–H groups in total. The van der Waals surface area contributed by atoms with Gasteiger partial charge in [-0.2, -0.15) is 0 Å². The molecule has 2 nitrogen and oxygen atoms in total. The fourth-order valence-electron chi connectivity index (χ4n) is 0.598. The van der Waals surface area contributed by atoms with E-state index in [-0.39, 0.29) is 16.6 Å². The van der Waals surface area contributed by atoms with E-state index in [2.05, 4.69) is 22.6 Å². The Morgan fingerprint density at radius 1 is 1.56 bits per heavy atom. The molecule has 0 aliphatic heterocycles. The highest BCUT2D eigenvalue weighted by Crippen LogP contribution is 2.09. The predicted molar refractivity (Wildman–Crippen MR) is 45.8 cm³/mol. The van der Waals surface area contributed by atoms with Crippen LogP contribution in [0.5, 0.6) is 0 Å². The van der Waals surface area contributed by atoms with Gasteiger partial charge in [-0.1, -0.05) is 35.9 Å². The Morgan fingerprint density at radius 2 is 2.11 bits per heavy atom. The van der Waals surface area contributed by atoms with Gasteiger partial charge in [0, 0.05) is 0 Å². The number of halogens is 1. The molecule has 0 aromatic heterocycles. The Morgan fingerprint density at radius 3 is 2.44 bits per heavy atom. The Labute approximate surface area is 69.4 Å². The summed E-state index contributed by atoms with van der Waals surface area (Å²) in [6, 6.07) is 0. The normalized spacial score (nSPS) is 17.3. The molecule has 9 heavy (non-hydrogen) atoms. The molecule has 0 fully saturated rings. The minimum Gasteiger partial charge on any atom is -0.395 e. The van der Waals surface area contributed by atoms with Crippen molar-refractivity contribution in [3.05, 3.63) is 0 Å². The molecule has 0 amide bonds. The van der Waals surface area contributed by atoms with Crippen LogP contribution in [0.1, 0.15) is 19.8 Å². The van der Waals surface area contributed by atoms with Gasteiger partial charge in [0.15, 0.2) is 0 Å². The summed E-state index contributed by atoms with van der Waals surface area (Å²) in [5.41, 5.74) is 0. The summed E-state index contributed by atoms with van der Waals surface area (Å²) in [7, 11) is 0. The molecule has 0 aliphatic rings. The van der Waals surface area contributed by atoms with Crippen LogP contribution in [0.4, 0.5) is 0 Å². The van der Waals surface area contributed by atoms with Crippen LogP contribution in [0.15, 0.2) is 0 Å². The maximum atomic E-state index is 9.15. The van der Waals surface area contributed by atoms with E-state index in [1.54, 1.807) is 0 Å². The van der Waals surface area contributed by atoms with E-state index in [1.165, 1.54) is 0 Å². The molecular formula is C6H13IO2. The summed E-state index contributed by atoms with van der Waals surface area (Å²) in [5, 5.41) is 17.7. The molecule has 0 saturated heterocycles. The Bertz CT molecular complexity index is 68.1. The van der Waals surface area contributed by atoms with Crippen LogP contribution in [0, 0.1) is 0 Å². The van der Waals surface area contributed by atoms with Gasteiger partial charge in [-0.05, 0) is 6.42 Å². The minimum atomic E-state index is -0.333. The van der Waals surface area contributed by atoms with E-state index < -0.39 is 0 Å². The van der Waals surface area contributed by atoms with Crippen LogP contribution in [-0.2, 0) is 0 Å². The van der Waals surface area contributed by atoms with Crippen molar-refractivity contribution in [1.82, 2.24) is 0 Å². The third kappa shape index (κ3) is 4.11. The van der Waals surface area contributed by atoms with Gasteiger partial charge in [0.05, 0.1) is 16.6 Å². The maximum absolute atomic E-state index is 9.15. The van der Waals surface area contributed by atoms with E-state index in [4.69, 9.17) is 10.2 Å². The van der Waals surface area contributed by atoms with Crippen LogP contribution >= 0.6 is 22.6 Å². The van der Waals surface area contributed by atoms with E-state index in [0.717, 1.165) is 12.8 Å². The third-order valence-electron chi connectivity index (χ3n) is 1.18. The smallest absolute Gasteiger partial charge is 0.0679 e. The first kappa shape index (κ1) is 9.65. The quantitative estimate of drug-likeness (QED) is 0.570. The second kappa shape index (κ2) is 5.44. The van der Waals surface area contributed by atoms with E-state index in [1.807, 2.05) is 6.92 Å². The molecule has 3 heteroatoms. The lowest BCUT2D eigenvalue weighted by atomic mass is 10.1. The zero-order valence-corrected chi connectivity index (χ0v) is 7.71. The fraction of sp³-hybridized carbons (Fsp3) is 1.00. The van der Waals surface area contributed by atoms with Gasteiger partial charge in [-0.15, -0.1) is 0 Å². The van der Waals surface area contributed by atoms with Crippen LogP contribution < -0.4 is 0 Å². The molecular weight excluding hydrogens is 231 g/mol. The molecule has 56 valence electrons. The highest BCUT2D eigenvalue weighted by Gasteiger charge is 2.12. The van der Waals surface area contributed by atoms with Crippen LogP contribution in [0.25, 0.3) is 0 Å². The second-order valence-electron chi connectivity index (χ2n) is 2.05. The van der Waals surface area contributed by atoms with Crippen molar-refractivity contribution >= 4 is 22.6 Å². The first-order valence-corrected chi connectivity index (χ1v) is 4.40. The SMILES string of the molecule is CCC[C@@H](O)[C@@H](I)CO. The number of aliphatic hydroxyl groups excluding tert-OH is 2. The summed E-state index contributed by atoms with van der Waals surface area (Å²) in [5.74, 6) is 0. The monoisotopic (exact) mass is 244 g/mol. The number of aliphatic hydroxyl groups is 2. The van der Waals surface area contributed by atoms with Crippen LogP contribution in [0.3, 0.4) is 0 Å². The average Bonchev–Trinajstić information content (AvgIpc) is 1.87. The highest BCUT2D eigenvalue weighted by molar-refractivity contribution is 14.1. The van der Waals surface area contributed by atoms with Crippen molar-refractivity contribution in [1.29, 1.82) is 0 Å². The van der Waals surface area contributed by atoms with Gasteiger partial charge in [0.2, 0.25) is 0 Å². The standard InChI is InChI=1S/C6H13IO2/c1-2-3-6(9)5(7)4-8/h5-6,8-9H,2-4H2,1H3/t5-,6+/m0/s1. The minimum absolute atomic E-state index is 0.00236. The Hall–Kier alpha value is 0.650. The molecule has 0 aliphatic carbocycles. The van der Waals surface area contributed by atoms with Crippen molar-refractivity contribution in [3.63, 3.8) is 0 Å². The van der Waals surface area contributed by atoms with Crippen LogP contribution in [-0.4, -0.2) is 26.8 Å². The van der Waals surface area contributed by atoms with Gasteiger partial charge < -0.3 is 10.2 Å². The summed E-state index contributed by atoms with van der Waals surface area (Å²) >= 11 is 2.05. The third-order valence-corrected chi connectivity index (χ3v) is 2.40. The molecule has 2 atom stereocenters. The van der Waals surface area contributed by atoms with Crippen molar-refractivity contribution in [2.75, 3.05) is 6.61 Å². The van der Waals surface area contributed by atoms with Gasteiger partial charge in [-0.3, -0.25) is 0 Å². The summed E-state index contributed by atoms with van der Waals surface area (Å²) < 4.78 is 0.00236. The Balaban J connectivity index is 3.32. The molecule has 0 saturated carbocycles. The first-order valence-electron chi connectivity index (χ1n) is 3.15. The molecule has 0 bridgehead atoms. The van der Waals surface area contributed by atoms with E-state index in [0.29, 0.717) is 0 Å². The Kier molecular flexibility index (Phi) is 5.83. The zero-order chi connectivity index (χ0) is 7.28. The van der Waals surface area contributed by atoms with E-state index in [9.17, 15) is 0 Å². The van der Waals surface area contributed by atoms with Crippen molar-refractivity contribution in [3.8, 4) is 0 Å². The fourth-order valence-corrected chi connectivity index (χ4v) is 0.958. The second-order valence-corrected chi connectivity index (χ2v) is 3.65. The number of alkyl halides is 1. The topological polar surface area (TPSA) is 40.5 Å². The maximum Gasteiger partial charge on any atom is 0.0679 e. The van der Waals surface area contributed by atoms with E-state index >= 15 is 0 Å². The molecule has 0 radical (unpaired) electrons. The number of rotatable bonds is 4. The van der Waals surface area contributed by atoms with Gasteiger partial charge in [0.25, 0.3) is 0 Å². The van der Waals surface area contributed by atoms with Crippen molar-refractivity contribution < 1.29 is 10.2 Å².